The second-order valence-corrected chi connectivity index (χ2v) is 6.66. The van der Waals surface area contributed by atoms with Crippen LogP contribution in [0.1, 0.15) is 56.6 Å². The van der Waals surface area contributed by atoms with Crippen LogP contribution in [-0.2, 0) is 6.54 Å². The molecule has 2 aromatic rings. The molecule has 6 nitrogen and oxygen atoms in total. The van der Waals surface area contributed by atoms with E-state index in [2.05, 4.69) is 20.8 Å². The van der Waals surface area contributed by atoms with E-state index in [1.165, 1.54) is 19.1 Å². The van der Waals surface area contributed by atoms with Gasteiger partial charge in [-0.1, -0.05) is 26.3 Å². The molecule has 0 amide bonds. The fraction of sp³-hybridized carbons (Fsp3) is 0.556. The van der Waals surface area contributed by atoms with Crippen molar-refractivity contribution in [1.82, 2.24) is 25.5 Å². The highest BCUT2D eigenvalue weighted by Gasteiger charge is 2.31. The normalized spacial score (nSPS) is 14.0. The fourth-order valence-electron chi connectivity index (χ4n) is 2.52. The minimum atomic E-state index is -2.86. The molecular weight excluding hydrogens is 357 g/mol. The molecule has 0 bridgehead atoms. The van der Waals surface area contributed by atoms with E-state index >= 15 is 0 Å². The van der Waals surface area contributed by atoms with Crippen LogP contribution in [-0.4, -0.2) is 32.7 Å². The summed E-state index contributed by atoms with van der Waals surface area (Å²) in [5, 5.41) is 23.6. The van der Waals surface area contributed by atoms with Gasteiger partial charge in [0.25, 0.3) is 0 Å². The number of nitriles is 1. The van der Waals surface area contributed by atoms with Crippen molar-refractivity contribution in [2.75, 3.05) is 6.54 Å². The van der Waals surface area contributed by atoms with Gasteiger partial charge < -0.3 is 5.32 Å². The first-order valence-electron chi connectivity index (χ1n) is 8.84. The molecule has 0 radical (unpaired) electrons. The molecule has 0 saturated heterocycles. The average molecular weight is 380 g/mol. The van der Waals surface area contributed by atoms with Gasteiger partial charge in [-0.3, -0.25) is 0 Å². The zero-order chi connectivity index (χ0) is 20.0. The number of aromatic nitrogens is 4. The van der Waals surface area contributed by atoms with Gasteiger partial charge in [0.15, 0.2) is 5.82 Å². The van der Waals surface area contributed by atoms with E-state index in [9.17, 15) is 13.2 Å². The first-order valence-corrected chi connectivity index (χ1v) is 8.84. The summed E-state index contributed by atoms with van der Waals surface area (Å²) in [7, 11) is 0. The molecule has 0 saturated carbocycles. The van der Waals surface area contributed by atoms with Crippen molar-refractivity contribution in [3.05, 3.63) is 41.0 Å². The average Bonchev–Trinajstić information content (AvgIpc) is 3.07. The van der Waals surface area contributed by atoms with Crippen molar-refractivity contribution in [2.45, 2.75) is 52.1 Å². The number of alkyl halides is 2. The number of hydrogen-bond acceptors (Lipinski definition) is 5. The van der Waals surface area contributed by atoms with Gasteiger partial charge in [0.1, 0.15) is 11.9 Å². The molecule has 0 aliphatic carbocycles. The van der Waals surface area contributed by atoms with Gasteiger partial charge in [0, 0.05) is 19.0 Å². The van der Waals surface area contributed by atoms with E-state index < -0.39 is 23.7 Å². The fourth-order valence-corrected chi connectivity index (χ4v) is 2.52. The highest BCUT2D eigenvalue weighted by atomic mass is 19.3. The predicted molar refractivity (Wildman–Crippen MR) is 93.5 cm³/mol. The Morgan fingerprint density at radius 2 is 2.11 bits per heavy atom. The lowest BCUT2D eigenvalue weighted by Gasteiger charge is -2.24. The minimum Gasteiger partial charge on any atom is -0.303 e. The molecule has 1 aromatic heterocycles. The van der Waals surface area contributed by atoms with Crippen molar-refractivity contribution in [1.29, 1.82) is 5.26 Å². The molecule has 0 fully saturated rings. The van der Waals surface area contributed by atoms with E-state index in [1.54, 1.807) is 16.8 Å². The third-order valence-electron chi connectivity index (χ3n) is 4.48. The van der Waals surface area contributed by atoms with Crippen molar-refractivity contribution >= 4 is 0 Å². The van der Waals surface area contributed by atoms with Gasteiger partial charge in [-0.2, -0.15) is 5.26 Å². The van der Waals surface area contributed by atoms with E-state index in [4.69, 9.17) is 5.26 Å². The van der Waals surface area contributed by atoms with Crippen LogP contribution in [0.25, 0.3) is 0 Å². The molecule has 1 heterocycles. The number of halogens is 3. The summed E-state index contributed by atoms with van der Waals surface area (Å²) in [5.74, 6) is -4.06. The number of nitrogens with zero attached hydrogens (tertiary/aromatic N) is 5. The number of aryl methyl sites for hydroxylation is 1. The van der Waals surface area contributed by atoms with Gasteiger partial charge in [0.05, 0.1) is 11.6 Å². The van der Waals surface area contributed by atoms with Crippen LogP contribution in [0.4, 0.5) is 13.2 Å². The maximum atomic E-state index is 14.1. The molecule has 146 valence electrons. The Morgan fingerprint density at radius 1 is 1.37 bits per heavy atom. The standard InChI is InChI=1S/C18H23F3N6/c1-4-5-8-27-17(24-25-26-27)16(23-11-12(2)18(3,20)21)13-6-7-14(10-22)15(19)9-13/h6-7,9,12,16,23H,4-5,8,11H2,1-3H3. The van der Waals surface area contributed by atoms with E-state index in [0.29, 0.717) is 17.9 Å². The molecular formula is C18H23F3N6. The molecule has 9 heteroatoms. The van der Waals surface area contributed by atoms with Crippen LogP contribution >= 0.6 is 0 Å². The van der Waals surface area contributed by atoms with E-state index in [1.807, 2.05) is 6.92 Å². The van der Waals surface area contributed by atoms with Gasteiger partial charge >= 0.3 is 0 Å². The summed E-state index contributed by atoms with van der Waals surface area (Å²) in [6.07, 6.45) is 1.78. The number of nitrogens with one attached hydrogen (secondary N) is 1. The predicted octanol–water partition coefficient (Wildman–Crippen LogP) is 3.45. The molecule has 0 spiro atoms. The summed E-state index contributed by atoms with van der Waals surface area (Å²) >= 11 is 0. The zero-order valence-electron chi connectivity index (χ0n) is 15.6. The lowest BCUT2D eigenvalue weighted by atomic mass is 10.0. The molecule has 2 unspecified atom stereocenters. The molecule has 1 N–H and O–H groups in total. The first kappa shape index (κ1) is 20.8. The van der Waals surface area contributed by atoms with Crippen LogP contribution in [0.5, 0.6) is 0 Å². The van der Waals surface area contributed by atoms with Crippen molar-refractivity contribution in [2.24, 2.45) is 5.92 Å². The SMILES string of the molecule is CCCCn1nnnc1C(NCC(C)C(C)(F)F)c1ccc(C#N)c(F)c1. The Bertz CT molecular complexity index is 793. The van der Waals surface area contributed by atoms with Crippen LogP contribution in [0.3, 0.4) is 0 Å². The van der Waals surface area contributed by atoms with Crippen LogP contribution in [0.15, 0.2) is 18.2 Å². The smallest absolute Gasteiger partial charge is 0.249 e. The highest BCUT2D eigenvalue weighted by molar-refractivity contribution is 5.36. The summed E-state index contributed by atoms with van der Waals surface area (Å²) < 4.78 is 42.8. The van der Waals surface area contributed by atoms with Gasteiger partial charge in [-0.25, -0.2) is 17.9 Å². The molecule has 2 rings (SSSR count). The largest absolute Gasteiger partial charge is 0.303 e. The van der Waals surface area contributed by atoms with Crippen LogP contribution in [0.2, 0.25) is 0 Å². The zero-order valence-corrected chi connectivity index (χ0v) is 15.6. The Hall–Kier alpha value is -2.47. The van der Waals surface area contributed by atoms with Gasteiger partial charge in [0.2, 0.25) is 5.92 Å². The van der Waals surface area contributed by atoms with Crippen LogP contribution < -0.4 is 5.32 Å². The summed E-state index contributed by atoms with van der Waals surface area (Å²) in [4.78, 5) is 0. The third-order valence-corrected chi connectivity index (χ3v) is 4.48. The number of unbranched alkanes of at least 4 members (excludes halogenated alkanes) is 1. The summed E-state index contributed by atoms with van der Waals surface area (Å²) in [6, 6.07) is 5.24. The monoisotopic (exact) mass is 380 g/mol. The Balaban J connectivity index is 2.36. The molecule has 27 heavy (non-hydrogen) atoms. The third kappa shape index (κ3) is 5.26. The molecule has 0 aliphatic rings. The Labute approximate surface area is 156 Å². The Morgan fingerprint density at radius 3 is 2.70 bits per heavy atom. The molecule has 1 aromatic carbocycles. The Kier molecular flexibility index (Phi) is 6.91. The topological polar surface area (TPSA) is 79.4 Å². The minimum absolute atomic E-state index is 0.0174. The second-order valence-electron chi connectivity index (χ2n) is 6.66. The molecule has 0 aliphatic heterocycles. The summed E-state index contributed by atoms with van der Waals surface area (Å²) in [6.45, 7) is 4.87. The number of benzene rings is 1. The highest BCUT2D eigenvalue weighted by Crippen LogP contribution is 2.26. The van der Waals surface area contributed by atoms with E-state index in [-0.39, 0.29) is 12.1 Å². The first-order chi connectivity index (χ1) is 12.8. The van der Waals surface area contributed by atoms with Crippen LogP contribution in [0, 0.1) is 23.1 Å². The lowest BCUT2D eigenvalue weighted by molar-refractivity contribution is -0.0321. The van der Waals surface area contributed by atoms with E-state index in [0.717, 1.165) is 19.8 Å². The van der Waals surface area contributed by atoms with Gasteiger partial charge in [-0.05, 0) is 41.5 Å². The van der Waals surface area contributed by atoms with Gasteiger partial charge in [-0.15, -0.1) is 5.10 Å². The van der Waals surface area contributed by atoms with Crippen molar-refractivity contribution in [3.63, 3.8) is 0 Å². The second kappa shape index (κ2) is 8.95. The number of rotatable bonds is 9. The number of tetrazole rings is 1. The maximum Gasteiger partial charge on any atom is 0.249 e. The number of hydrogen-bond donors (Lipinski definition) is 1. The maximum absolute atomic E-state index is 14.1. The quantitative estimate of drug-likeness (QED) is 0.721. The lowest BCUT2D eigenvalue weighted by Crippen LogP contribution is -2.35. The molecule has 2 atom stereocenters. The van der Waals surface area contributed by atoms with Crippen molar-refractivity contribution < 1.29 is 13.2 Å². The van der Waals surface area contributed by atoms with Crippen molar-refractivity contribution in [3.8, 4) is 6.07 Å². The summed E-state index contributed by atoms with van der Waals surface area (Å²) in [5.41, 5.74) is 0.377.